The molecule has 0 saturated heterocycles. The van der Waals surface area contributed by atoms with E-state index in [1.807, 2.05) is 0 Å². The molecule has 0 rings (SSSR count). The summed E-state index contributed by atoms with van der Waals surface area (Å²) in [5, 5.41) is 0. The van der Waals surface area contributed by atoms with Gasteiger partial charge in [0.05, 0.1) is 0 Å². The molecular formula is Cu9Sn5. The van der Waals surface area contributed by atoms with Crippen LogP contribution in [0.2, 0.25) is 0 Å². The number of rotatable bonds is 0. The van der Waals surface area contributed by atoms with Gasteiger partial charge in [-0.3, -0.25) is 0 Å². The van der Waals surface area contributed by atoms with Crippen LogP contribution in [0.4, 0.5) is 0 Å². The molecule has 0 aromatic heterocycles. The first-order valence-corrected chi connectivity index (χ1v) is 0. The molecular weight excluding hydrogens is 1170 g/mol. The van der Waals surface area contributed by atoms with Crippen LogP contribution in [0.5, 0.6) is 0 Å². The fourth-order valence-electron chi connectivity index (χ4n) is 0. The van der Waals surface area contributed by atoms with E-state index >= 15 is 0 Å². The summed E-state index contributed by atoms with van der Waals surface area (Å²) in [5.41, 5.74) is 0. The van der Waals surface area contributed by atoms with Gasteiger partial charge in [-0.1, -0.05) is 0 Å². The van der Waals surface area contributed by atoms with Crippen molar-refractivity contribution in [3.05, 3.63) is 0 Å². The molecule has 14 heteroatoms. The zero-order chi connectivity index (χ0) is 0. The van der Waals surface area contributed by atoms with E-state index < -0.39 is 0 Å². The van der Waals surface area contributed by atoms with Crippen molar-refractivity contribution < 1.29 is 154 Å². The molecule has 29 radical (unpaired) electrons. The van der Waals surface area contributed by atoms with Crippen LogP contribution < -0.4 is 0 Å². The molecule has 0 bridgehead atoms. The van der Waals surface area contributed by atoms with Crippen LogP contribution in [0.15, 0.2) is 0 Å². The quantitative estimate of drug-likeness (QED) is 0.249. The third kappa shape index (κ3) is 106. The zero-order valence-corrected chi connectivity index (χ0v) is 28.0. The third-order valence-corrected chi connectivity index (χ3v) is 0. The van der Waals surface area contributed by atoms with Crippen molar-refractivity contribution in [2.45, 2.75) is 0 Å². The molecule has 0 heterocycles. The van der Waals surface area contributed by atoms with Crippen LogP contribution in [0.3, 0.4) is 0 Å². The Balaban J connectivity index is 0. The van der Waals surface area contributed by atoms with Crippen LogP contribution >= 0.6 is 0 Å². The minimum absolute atomic E-state index is 0. The Kier molecular flexibility index (Phi) is 1250. The van der Waals surface area contributed by atoms with Gasteiger partial charge in [0.1, 0.15) is 0 Å². The van der Waals surface area contributed by atoms with Crippen LogP contribution in [0, 0.1) is 0 Å². The molecule has 0 amide bonds. The van der Waals surface area contributed by atoms with Gasteiger partial charge in [-0.05, 0) is 0 Å². The van der Waals surface area contributed by atoms with E-state index in [9.17, 15) is 0 Å². The third-order valence-electron chi connectivity index (χ3n) is 0. The van der Waals surface area contributed by atoms with Gasteiger partial charge in [0, 0.05) is 273 Å². The van der Waals surface area contributed by atoms with Crippen LogP contribution in [0.1, 0.15) is 0 Å². The van der Waals surface area contributed by atoms with Gasteiger partial charge in [0.25, 0.3) is 0 Å². The van der Waals surface area contributed by atoms with Crippen LogP contribution in [-0.2, 0) is 154 Å². The van der Waals surface area contributed by atoms with Gasteiger partial charge in [-0.15, -0.1) is 0 Å². The maximum absolute atomic E-state index is 0. The van der Waals surface area contributed by atoms with Crippen molar-refractivity contribution in [3.63, 3.8) is 0 Å². The summed E-state index contributed by atoms with van der Waals surface area (Å²) in [4.78, 5) is 0. The van der Waals surface area contributed by atoms with Gasteiger partial charge < -0.3 is 0 Å². The van der Waals surface area contributed by atoms with Gasteiger partial charge in [0.2, 0.25) is 0 Å². The Morgan fingerprint density at radius 1 is 0.143 bits per heavy atom. The summed E-state index contributed by atoms with van der Waals surface area (Å²) in [7, 11) is 0. The molecule has 0 aliphatic carbocycles. The maximum Gasteiger partial charge on any atom is 0 e. The van der Waals surface area contributed by atoms with Crippen LogP contribution in [-0.4, -0.2) is 120 Å². The molecule has 0 unspecified atom stereocenters. The normalized spacial score (nSPS) is 0. The molecule has 0 aromatic carbocycles. The fraction of sp³-hybridized carbons (Fsp3) is 0. The summed E-state index contributed by atoms with van der Waals surface area (Å²) in [6, 6.07) is 0. The second kappa shape index (κ2) is 123. The standard InChI is InChI=1S/9Cu.5Sn. The largest absolute Gasteiger partial charge is 0 e. The second-order valence-electron chi connectivity index (χ2n) is 0. The van der Waals surface area contributed by atoms with Crippen LogP contribution in [0.25, 0.3) is 0 Å². The molecule has 0 fully saturated rings. The number of hydrogen-bond donors (Lipinski definition) is 0. The first-order valence-electron chi connectivity index (χ1n) is 0. The first kappa shape index (κ1) is 142. The molecule has 0 aromatic rings. The maximum atomic E-state index is 0. The smallest absolute Gasteiger partial charge is 0 e. The summed E-state index contributed by atoms with van der Waals surface area (Å²) in [5.74, 6) is 0. The number of hydrogen-bond acceptors (Lipinski definition) is 0. The van der Waals surface area contributed by atoms with E-state index in [1.54, 1.807) is 0 Å². The SMILES string of the molecule is [Cu].[Cu].[Cu].[Cu].[Cu].[Cu].[Cu].[Cu].[Cu].[Sn].[Sn].[Sn].[Sn].[Sn]. The summed E-state index contributed by atoms with van der Waals surface area (Å²) >= 11 is 0. The van der Waals surface area contributed by atoms with E-state index in [-0.39, 0.29) is 273 Å². The average molecular weight is 1170 g/mol. The van der Waals surface area contributed by atoms with Crippen molar-refractivity contribution in [3.8, 4) is 0 Å². The Labute approximate surface area is 266 Å². The molecule has 0 nitrogen and oxygen atoms in total. The molecule has 0 aliphatic heterocycles. The molecule has 0 N–H and O–H groups in total. The Morgan fingerprint density at radius 2 is 0.143 bits per heavy atom. The van der Waals surface area contributed by atoms with E-state index in [0.717, 1.165) is 0 Å². The minimum atomic E-state index is 0. The summed E-state index contributed by atoms with van der Waals surface area (Å²) < 4.78 is 0. The molecule has 119 valence electrons. The van der Waals surface area contributed by atoms with Crippen molar-refractivity contribution in [2.75, 3.05) is 0 Å². The van der Waals surface area contributed by atoms with Crippen molar-refractivity contribution in [1.82, 2.24) is 0 Å². The summed E-state index contributed by atoms with van der Waals surface area (Å²) in [6.45, 7) is 0. The fourth-order valence-corrected chi connectivity index (χ4v) is 0. The monoisotopic (exact) mass is 1170 g/mol. The van der Waals surface area contributed by atoms with Crippen molar-refractivity contribution in [2.24, 2.45) is 0 Å². The van der Waals surface area contributed by atoms with Gasteiger partial charge in [-0.25, -0.2) is 0 Å². The first-order chi connectivity index (χ1) is 0. The Morgan fingerprint density at radius 3 is 0.143 bits per heavy atom. The Hall–Kier alpha value is 8.67. The molecule has 0 spiro atoms. The van der Waals surface area contributed by atoms with E-state index in [2.05, 4.69) is 0 Å². The predicted octanol–water partition coefficient (Wildman–Crippen LogP) is -1.93. The van der Waals surface area contributed by atoms with Crippen molar-refractivity contribution in [1.29, 1.82) is 0 Å². The van der Waals surface area contributed by atoms with Gasteiger partial charge in [0.15, 0.2) is 0 Å². The molecule has 0 saturated carbocycles. The summed E-state index contributed by atoms with van der Waals surface area (Å²) in [6.07, 6.45) is 0. The average Bonchev–Trinajstić information content (AvgIpc) is 0. The minimum Gasteiger partial charge on any atom is 0 e. The van der Waals surface area contributed by atoms with E-state index in [4.69, 9.17) is 0 Å². The second-order valence-corrected chi connectivity index (χ2v) is 0. The predicted molar refractivity (Wildman–Crippen MR) is 28.8 cm³/mol. The Bertz CT molecular complexity index is 13.2. The van der Waals surface area contributed by atoms with E-state index in [0.29, 0.717) is 0 Å². The molecule has 14 heavy (non-hydrogen) atoms. The van der Waals surface area contributed by atoms with E-state index in [1.165, 1.54) is 0 Å². The molecule has 0 aliphatic rings. The van der Waals surface area contributed by atoms with Crippen molar-refractivity contribution >= 4 is 120 Å². The molecule has 0 atom stereocenters. The van der Waals surface area contributed by atoms with Gasteiger partial charge in [-0.2, -0.15) is 0 Å². The topological polar surface area (TPSA) is 0 Å². The van der Waals surface area contributed by atoms with Gasteiger partial charge >= 0.3 is 0 Å². The zero-order valence-electron chi connectivity index (χ0n) is 5.21.